The Morgan fingerprint density at radius 2 is 2.07 bits per heavy atom. The first-order valence-electron chi connectivity index (χ1n) is 4.37. The number of hydrogen-bond acceptors (Lipinski definition) is 4. The van der Waals surface area contributed by atoms with Crippen molar-refractivity contribution in [3.05, 3.63) is 35.9 Å². The first kappa shape index (κ1) is 11.0. The van der Waals surface area contributed by atoms with Crippen LogP contribution in [-0.2, 0) is 9.53 Å². The highest BCUT2D eigenvalue weighted by Crippen LogP contribution is 2.20. The van der Waals surface area contributed by atoms with Gasteiger partial charge in [-0.15, -0.1) is 0 Å². The van der Waals surface area contributed by atoms with E-state index in [1.807, 2.05) is 30.3 Å². The molecule has 80 valence electrons. The Bertz CT molecular complexity index is 338. The molecule has 0 aliphatic carbocycles. The number of nitrogens with two attached hydrogens (primary N) is 1. The maximum atomic E-state index is 8.36. The van der Waals surface area contributed by atoms with E-state index in [-0.39, 0.29) is 12.6 Å². The van der Waals surface area contributed by atoms with Crippen LogP contribution in [0.25, 0.3) is 0 Å². The zero-order chi connectivity index (χ0) is 11.1. The summed E-state index contributed by atoms with van der Waals surface area (Å²) in [6, 6.07) is 10.3. The average molecular weight is 208 g/mol. The van der Waals surface area contributed by atoms with E-state index in [1.54, 1.807) is 0 Å². The zero-order valence-electron chi connectivity index (χ0n) is 8.04. The van der Waals surface area contributed by atoms with Crippen LogP contribution in [0, 0.1) is 0 Å². The molecule has 0 aromatic heterocycles. The molecule has 0 amide bonds. The molecular weight excluding hydrogens is 196 g/mol. The van der Waals surface area contributed by atoms with Crippen molar-refractivity contribution in [1.29, 1.82) is 0 Å². The third-order valence-corrected chi connectivity index (χ3v) is 1.85. The number of benzene rings is 1. The normalized spacial score (nSPS) is 18.1. The van der Waals surface area contributed by atoms with E-state index in [4.69, 9.17) is 20.4 Å². The lowest BCUT2D eigenvalue weighted by atomic mass is 10.1. The van der Waals surface area contributed by atoms with Gasteiger partial charge in [-0.2, -0.15) is 0 Å². The Kier molecular flexibility index (Phi) is 4.15. The monoisotopic (exact) mass is 208 g/mol. The number of hydrogen-bond donors (Lipinski definition) is 2. The van der Waals surface area contributed by atoms with E-state index >= 15 is 0 Å². The van der Waals surface area contributed by atoms with E-state index in [0.717, 1.165) is 5.56 Å². The standard InChI is InChI=1S/C9H10N2O.CH2O2/c10-9-11-6-8(12-9)7-4-2-1-3-5-7;2-1-3/h1-5,8H,6H2,(H2,10,11);1H,(H,2,3). The summed E-state index contributed by atoms with van der Waals surface area (Å²) < 4.78 is 5.28. The first-order valence-corrected chi connectivity index (χ1v) is 4.37. The van der Waals surface area contributed by atoms with Crippen LogP contribution in [0.15, 0.2) is 35.3 Å². The van der Waals surface area contributed by atoms with Crippen LogP contribution in [0.3, 0.4) is 0 Å². The molecule has 1 aliphatic heterocycles. The SMILES string of the molecule is NC1=NCC(c2ccccc2)O1.O=CO. The molecule has 1 aliphatic rings. The Labute approximate surface area is 87.2 Å². The van der Waals surface area contributed by atoms with Gasteiger partial charge in [0.2, 0.25) is 0 Å². The highest BCUT2D eigenvalue weighted by Gasteiger charge is 2.18. The molecule has 0 radical (unpaired) electrons. The minimum atomic E-state index is -0.250. The van der Waals surface area contributed by atoms with Crippen molar-refractivity contribution in [3.8, 4) is 0 Å². The maximum absolute atomic E-state index is 8.36. The van der Waals surface area contributed by atoms with Gasteiger partial charge in [-0.1, -0.05) is 30.3 Å². The van der Waals surface area contributed by atoms with Crippen molar-refractivity contribution in [2.75, 3.05) is 6.54 Å². The Balaban J connectivity index is 0.000000337. The molecule has 3 N–H and O–H groups in total. The Hall–Kier alpha value is -2.04. The molecule has 1 heterocycles. The minimum absolute atomic E-state index is 0.0196. The summed E-state index contributed by atoms with van der Waals surface area (Å²) in [5.41, 5.74) is 6.52. The predicted molar refractivity (Wildman–Crippen MR) is 55.5 cm³/mol. The number of rotatable bonds is 1. The van der Waals surface area contributed by atoms with Gasteiger partial charge in [0.05, 0.1) is 6.54 Å². The summed E-state index contributed by atoms with van der Waals surface area (Å²) in [5.74, 6) is 0. The van der Waals surface area contributed by atoms with Gasteiger partial charge in [0.15, 0.2) is 0 Å². The predicted octanol–water partition coefficient (Wildman–Crippen LogP) is 0.773. The van der Waals surface area contributed by atoms with Gasteiger partial charge in [0.25, 0.3) is 12.5 Å². The molecule has 15 heavy (non-hydrogen) atoms. The van der Waals surface area contributed by atoms with Crippen LogP contribution >= 0.6 is 0 Å². The smallest absolute Gasteiger partial charge is 0.290 e. The van der Waals surface area contributed by atoms with E-state index < -0.39 is 0 Å². The molecule has 1 unspecified atom stereocenters. The van der Waals surface area contributed by atoms with E-state index in [0.29, 0.717) is 12.6 Å². The van der Waals surface area contributed by atoms with Crippen molar-refractivity contribution in [2.24, 2.45) is 10.7 Å². The number of nitrogens with zero attached hydrogens (tertiary/aromatic N) is 1. The molecule has 0 fully saturated rings. The van der Waals surface area contributed by atoms with Gasteiger partial charge in [-0.05, 0) is 5.56 Å². The highest BCUT2D eigenvalue weighted by atomic mass is 16.5. The molecule has 5 heteroatoms. The Morgan fingerprint density at radius 1 is 1.47 bits per heavy atom. The maximum Gasteiger partial charge on any atom is 0.290 e. The molecule has 2 rings (SSSR count). The van der Waals surface area contributed by atoms with Gasteiger partial charge >= 0.3 is 0 Å². The van der Waals surface area contributed by atoms with Crippen LogP contribution in [0.2, 0.25) is 0 Å². The number of carbonyl (C=O) groups is 1. The number of ether oxygens (including phenoxy) is 1. The number of amidine groups is 1. The largest absolute Gasteiger partial charge is 0.483 e. The number of aliphatic imine (C=N–C) groups is 1. The quantitative estimate of drug-likeness (QED) is 0.667. The Morgan fingerprint density at radius 3 is 2.53 bits per heavy atom. The molecule has 0 saturated carbocycles. The van der Waals surface area contributed by atoms with E-state index in [2.05, 4.69) is 4.99 Å². The second-order valence-electron chi connectivity index (χ2n) is 2.80. The van der Waals surface area contributed by atoms with Crippen LogP contribution in [0.4, 0.5) is 0 Å². The lowest BCUT2D eigenvalue weighted by Crippen LogP contribution is -2.12. The fourth-order valence-electron chi connectivity index (χ4n) is 1.23. The third-order valence-electron chi connectivity index (χ3n) is 1.85. The molecule has 1 aromatic rings. The topological polar surface area (TPSA) is 84.9 Å². The van der Waals surface area contributed by atoms with Gasteiger partial charge in [0, 0.05) is 0 Å². The van der Waals surface area contributed by atoms with Crippen molar-refractivity contribution >= 4 is 12.5 Å². The first-order chi connectivity index (χ1) is 7.27. The molecule has 1 aromatic carbocycles. The molecule has 1 atom stereocenters. The summed E-state index contributed by atoms with van der Waals surface area (Å²) in [6.45, 7) is 0.385. The average Bonchev–Trinajstić information content (AvgIpc) is 2.67. The van der Waals surface area contributed by atoms with Gasteiger partial charge in [0.1, 0.15) is 6.10 Å². The van der Waals surface area contributed by atoms with Crippen molar-refractivity contribution in [2.45, 2.75) is 6.10 Å². The summed E-state index contributed by atoms with van der Waals surface area (Å²) in [7, 11) is 0. The summed E-state index contributed by atoms with van der Waals surface area (Å²) >= 11 is 0. The van der Waals surface area contributed by atoms with E-state index in [1.165, 1.54) is 0 Å². The van der Waals surface area contributed by atoms with Gasteiger partial charge < -0.3 is 15.6 Å². The second kappa shape index (κ2) is 5.64. The second-order valence-corrected chi connectivity index (χ2v) is 2.80. The fourth-order valence-corrected chi connectivity index (χ4v) is 1.23. The molecule has 5 nitrogen and oxygen atoms in total. The van der Waals surface area contributed by atoms with Gasteiger partial charge in [-0.3, -0.25) is 4.79 Å². The lowest BCUT2D eigenvalue weighted by Gasteiger charge is -2.08. The molecule has 0 saturated heterocycles. The minimum Gasteiger partial charge on any atom is -0.483 e. The summed E-state index contributed by atoms with van der Waals surface area (Å²) in [5, 5.41) is 6.89. The zero-order valence-corrected chi connectivity index (χ0v) is 8.04. The molecular formula is C10H12N2O3. The van der Waals surface area contributed by atoms with Crippen LogP contribution in [0.1, 0.15) is 11.7 Å². The number of carboxylic acid groups (broad SMARTS) is 1. The van der Waals surface area contributed by atoms with Gasteiger partial charge in [-0.25, -0.2) is 4.99 Å². The van der Waals surface area contributed by atoms with E-state index in [9.17, 15) is 0 Å². The highest BCUT2D eigenvalue weighted by molar-refractivity contribution is 5.73. The summed E-state index contributed by atoms with van der Waals surface area (Å²) in [6.07, 6.45) is 0.0196. The van der Waals surface area contributed by atoms with Crippen molar-refractivity contribution in [1.82, 2.24) is 0 Å². The lowest BCUT2D eigenvalue weighted by molar-refractivity contribution is -0.122. The van der Waals surface area contributed by atoms with Crippen LogP contribution < -0.4 is 5.73 Å². The van der Waals surface area contributed by atoms with Crippen LogP contribution in [-0.4, -0.2) is 24.1 Å². The van der Waals surface area contributed by atoms with Crippen molar-refractivity contribution < 1.29 is 14.6 Å². The third kappa shape index (κ3) is 3.30. The van der Waals surface area contributed by atoms with Crippen molar-refractivity contribution in [3.63, 3.8) is 0 Å². The summed E-state index contributed by atoms with van der Waals surface area (Å²) in [4.78, 5) is 12.3. The molecule has 0 bridgehead atoms. The van der Waals surface area contributed by atoms with Crippen LogP contribution in [0.5, 0.6) is 0 Å². The fraction of sp³-hybridized carbons (Fsp3) is 0.200. The molecule has 0 spiro atoms.